The fraction of sp³-hybridized carbons (Fsp3) is 0.188. The first kappa shape index (κ1) is 14.1. The van der Waals surface area contributed by atoms with Gasteiger partial charge in [0.25, 0.3) is 5.91 Å². The summed E-state index contributed by atoms with van der Waals surface area (Å²) in [4.78, 5) is 14.1. The molecular weight excluding hydrogens is 250 g/mol. The molecule has 0 radical (unpaired) electrons. The van der Waals surface area contributed by atoms with E-state index < -0.39 is 0 Å². The maximum absolute atomic E-state index is 12.0. The largest absolute Gasteiger partial charge is 0.399 e. The molecule has 0 saturated heterocycles. The number of nitrogen functional groups attached to an aromatic ring is 1. The molecule has 1 amide bonds. The van der Waals surface area contributed by atoms with Crippen LogP contribution in [0.2, 0.25) is 0 Å². The van der Waals surface area contributed by atoms with Crippen LogP contribution in [0.15, 0.2) is 48.5 Å². The lowest BCUT2D eigenvalue weighted by Gasteiger charge is -2.10. The second kappa shape index (κ2) is 6.21. The molecule has 0 saturated carbocycles. The molecule has 20 heavy (non-hydrogen) atoms. The van der Waals surface area contributed by atoms with Gasteiger partial charge >= 0.3 is 0 Å². The van der Waals surface area contributed by atoms with Crippen molar-refractivity contribution in [3.8, 4) is 0 Å². The fourth-order valence-corrected chi connectivity index (χ4v) is 1.90. The average molecular weight is 269 g/mol. The van der Waals surface area contributed by atoms with E-state index in [1.165, 1.54) is 5.56 Å². The summed E-state index contributed by atoms with van der Waals surface area (Å²) in [6.45, 7) is 0.881. The Morgan fingerprint density at radius 2 is 1.65 bits per heavy atom. The minimum atomic E-state index is -0.134. The third kappa shape index (κ3) is 3.83. The van der Waals surface area contributed by atoms with Crippen molar-refractivity contribution < 1.29 is 4.79 Å². The van der Waals surface area contributed by atoms with Gasteiger partial charge in [-0.15, -0.1) is 0 Å². The lowest BCUT2D eigenvalue weighted by molar-refractivity contribution is 0.102. The van der Waals surface area contributed by atoms with Crippen LogP contribution < -0.4 is 11.1 Å². The number of anilines is 2. The molecule has 0 fully saturated rings. The monoisotopic (exact) mass is 269 g/mol. The number of hydrogen-bond donors (Lipinski definition) is 2. The molecule has 0 aliphatic carbocycles. The predicted octanol–water partition coefficient (Wildman–Crippen LogP) is 2.58. The lowest BCUT2D eigenvalue weighted by Crippen LogP contribution is -2.12. The molecule has 0 atom stereocenters. The average Bonchev–Trinajstić information content (AvgIpc) is 2.41. The molecule has 0 aliphatic heterocycles. The molecule has 0 aromatic heterocycles. The second-order valence-corrected chi connectivity index (χ2v) is 5.01. The van der Waals surface area contributed by atoms with Crippen LogP contribution in [0, 0.1) is 0 Å². The smallest absolute Gasteiger partial charge is 0.255 e. The summed E-state index contributed by atoms with van der Waals surface area (Å²) in [5, 5.41) is 2.86. The van der Waals surface area contributed by atoms with Crippen LogP contribution in [0.1, 0.15) is 15.9 Å². The number of nitrogens with two attached hydrogens (primary N) is 1. The maximum Gasteiger partial charge on any atom is 0.255 e. The summed E-state index contributed by atoms with van der Waals surface area (Å²) >= 11 is 0. The molecular formula is C16H19N3O. The third-order valence-electron chi connectivity index (χ3n) is 2.88. The fourth-order valence-electron chi connectivity index (χ4n) is 1.90. The SMILES string of the molecule is CN(C)Cc1ccc(NC(=O)c2ccc(N)cc2)cc1. The highest BCUT2D eigenvalue weighted by atomic mass is 16.1. The van der Waals surface area contributed by atoms with Crippen molar-refractivity contribution >= 4 is 17.3 Å². The molecule has 0 bridgehead atoms. The van der Waals surface area contributed by atoms with Gasteiger partial charge in [0.2, 0.25) is 0 Å². The van der Waals surface area contributed by atoms with Crippen molar-refractivity contribution in [1.29, 1.82) is 0 Å². The summed E-state index contributed by atoms with van der Waals surface area (Å²) in [6, 6.07) is 14.7. The zero-order valence-corrected chi connectivity index (χ0v) is 11.8. The highest BCUT2D eigenvalue weighted by Gasteiger charge is 2.05. The van der Waals surface area contributed by atoms with Crippen LogP contribution in [0.4, 0.5) is 11.4 Å². The van der Waals surface area contributed by atoms with Crippen molar-refractivity contribution in [1.82, 2.24) is 4.90 Å². The van der Waals surface area contributed by atoms with Crippen molar-refractivity contribution in [2.75, 3.05) is 25.1 Å². The molecule has 4 heteroatoms. The molecule has 2 aromatic carbocycles. The van der Waals surface area contributed by atoms with E-state index in [0.29, 0.717) is 11.3 Å². The summed E-state index contributed by atoms with van der Waals surface area (Å²) < 4.78 is 0. The van der Waals surface area contributed by atoms with Crippen molar-refractivity contribution in [3.63, 3.8) is 0 Å². The number of benzene rings is 2. The van der Waals surface area contributed by atoms with Gasteiger partial charge in [0.1, 0.15) is 0 Å². The molecule has 2 rings (SSSR count). The van der Waals surface area contributed by atoms with Gasteiger partial charge in [-0.3, -0.25) is 4.79 Å². The first-order chi connectivity index (χ1) is 9.54. The topological polar surface area (TPSA) is 58.4 Å². The molecule has 0 aliphatic rings. The van der Waals surface area contributed by atoms with E-state index >= 15 is 0 Å². The number of carbonyl (C=O) groups is 1. The summed E-state index contributed by atoms with van der Waals surface area (Å²) in [6.07, 6.45) is 0. The molecule has 0 unspecified atom stereocenters. The molecule has 4 nitrogen and oxygen atoms in total. The van der Waals surface area contributed by atoms with E-state index in [9.17, 15) is 4.79 Å². The van der Waals surface area contributed by atoms with Gasteiger partial charge in [0, 0.05) is 23.5 Å². The van der Waals surface area contributed by atoms with Gasteiger partial charge in [-0.25, -0.2) is 0 Å². The highest BCUT2D eigenvalue weighted by Crippen LogP contribution is 2.13. The molecule has 2 aromatic rings. The van der Waals surface area contributed by atoms with E-state index in [-0.39, 0.29) is 5.91 Å². The zero-order chi connectivity index (χ0) is 14.5. The second-order valence-electron chi connectivity index (χ2n) is 5.01. The number of carbonyl (C=O) groups excluding carboxylic acids is 1. The first-order valence-electron chi connectivity index (χ1n) is 6.45. The standard InChI is InChI=1S/C16H19N3O/c1-19(2)11-12-3-9-15(10-4-12)18-16(20)13-5-7-14(17)8-6-13/h3-10H,11,17H2,1-2H3,(H,18,20). The summed E-state index contributed by atoms with van der Waals surface area (Å²) in [5.41, 5.74) is 8.84. The lowest BCUT2D eigenvalue weighted by atomic mass is 10.1. The van der Waals surface area contributed by atoms with Gasteiger partial charge in [-0.05, 0) is 56.1 Å². The Bertz CT molecular complexity index is 574. The maximum atomic E-state index is 12.0. The summed E-state index contributed by atoms with van der Waals surface area (Å²) in [7, 11) is 4.05. The number of nitrogens with one attached hydrogen (secondary N) is 1. The van der Waals surface area contributed by atoms with E-state index in [4.69, 9.17) is 5.73 Å². The highest BCUT2D eigenvalue weighted by molar-refractivity contribution is 6.04. The predicted molar refractivity (Wildman–Crippen MR) is 82.6 cm³/mol. The molecule has 104 valence electrons. The Balaban J connectivity index is 2.02. The Morgan fingerprint density at radius 1 is 1.05 bits per heavy atom. The summed E-state index contributed by atoms with van der Waals surface area (Å²) in [5.74, 6) is -0.134. The first-order valence-corrected chi connectivity index (χ1v) is 6.45. The van der Waals surface area contributed by atoms with E-state index in [0.717, 1.165) is 12.2 Å². The van der Waals surface area contributed by atoms with Gasteiger partial charge < -0.3 is 16.0 Å². The van der Waals surface area contributed by atoms with Gasteiger partial charge in [0.05, 0.1) is 0 Å². The molecule has 0 spiro atoms. The van der Waals surface area contributed by atoms with Gasteiger partial charge in [-0.2, -0.15) is 0 Å². The Hall–Kier alpha value is -2.33. The Kier molecular flexibility index (Phi) is 4.38. The van der Waals surface area contributed by atoms with Crippen LogP contribution in [0.25, 0.3) is 0 Å². The van der Waals surface area contributed by atoms with Crippen LogP contribution in [-0.4, -0.2) is 24.9 Å². The van der Waals surface area contributed by atoms with Crippen LogP contribution in [0.3, 0.4) is 0 Å². The van der Waals surface area contributed by atoms with Crippen molar-refractivity contribution in [2.24, 2.45) is 0 Å². The molecule has 0 heterocycles. The van der Waals surface area contributed by atoms with Crippen molar-refractivity contribution in [2.45, 2.75) is 6.54 Å². The number of hydrogen-bond acceptors (Lipinski definition) is 3. The normalized spacial score (nSPS) is 10.6. The quantitative estimate of drug-likeness (QED) is 0.839. The van der Waals surface area contributed by atoms with Crippen LogP contribution >= 0.6 is 0 Å². The Morgan fingerprint density at radius 3 is 2.20 bits per heavy atom. The minimum absolute atomic E-state index is 0.134. The zero-order valence-electron chi connectivity index (χ0n) is 11.8. The number of nitrogens with zero attached hydrogens (tertiary/aromatic N) is 1. The minimum Gasteiger partial charge on any atom is -0.399 e. The Labute approximate surface area is 119 Å². The van der Waals surface area contributed by atoms with E-state index in [1.807, 2.05) is 38.4 Å². The van der Waals surface area contributed by atoms with E-state index in [1.54, 1.807) is 24.3 Å². The third-order valence-corrected chi connectivity index (χ3v) is 2.88. The van der Waals surface area contributed by atoms with E-state index in [2.05, 4.69) is 10.2 Å². The number of amides is 1. The van der Waals surface area contributed by atoms with Gasteiger partial charge in [0.15, 0.2) is 0 Å². The molecule has 3 N–H and O–H groups in total. The van der Waals surface area contributed by atoms with Gasteiger partial charge in [-0.1, -0.05) is 12.1 Å². The van der Waals surface area contributed by atoms with Crippen molar-refractivity contribution in [3.05, 3.63) is 59.7 Å². The number of rotatable bonds is 4. The van der Waals surface area contributed by atoms with Crippen LogP contribution in [0.5, 0.6) is 0 Å². The van der Waals surface area contributed by atoms with Crippen LogP contribution in [-0.2, 0) is 6.54 Å².